The van der Waals surface area contributed by atoms with Crippen LogP contribution in [0.25, 0.3) is 0 Å². The minimum absolute atomic E-state index is 0.467. The molecule has 0 atom stereocenters. The summed E-state index contributed by atoms with van der Waals surface area (Å²) in [6.07, 6.45) is 3.55. The lowest BCUT2D eigenvalue weighted by molar-refractivity contribution is 1.25. The fraction of sp³-hybridized carbons (Fsp3) is 0.200. The number of nitrogens with zero attached hydrogens (tertiary/aromatic N) is 2. The standard InChI is InChI=1S/C10H13N3S/c1-8-4-3-5-9(6-8)7-12-13-10(11)14-2/h3-7H,1-2H3,(H2,11,13)/b12-7-. The molecule has 0 amide bonds. The zero-order valence-electron chi connectivity index (χ0n) is 8.27. The van der Waals surface area contributed by atoms with Gasteiger partial charge in [0.1, 0.15) is 0 Å². The molecule has 0 aromatic heterocycles. The smallest absolute Gasteiger partial charge is 0.180 e. The second-order valence-corrected chi connectivity index (χ2v) is 3.63. The highest BCUT2D eigenvalue weighted by molar-refractivity contribution is 8.13. The number of rotatable bonds is 2. The first-order valence-electron chi connectivity index (χ1n) is 4.19. The summed E-state index contributed by atoms with van der Waals surface area (Å²) in [5.74, 6) is 0. The molecule has 1 aromatic carbocycles. The third-order valence-corrected chi connectivity index (χ3v) is 2.11. The number of nitrogens with two attached hydrogens (primary N) is 1. The van der Waals surface area contributed by atoms with E-state index in [9.17, 15) is 0 Å². The van der Waals surface area contributed by atoms with E-state index in [2.05, 4.69) is 10.2 Å². The fourth-order valence-electron chi connectivity index (χ4n) is 0.944. The molecule has 14 heavy (non-hydrogen) atoms. The van der Waals surface area contributed by atoms with Crippen LogP contribution in [0.5, 0.6) is 0 Å². The normalized spacial score (nSPS) is 12.3. The third kappa shape index (κ3) is 3.62. The van der Waals surface area contributed by atoms with Gasteiger partial charge in [-0.15, -0.1) is 5.10 Å². The van der Waals surface area contributed by atoms with Gasteiger partial charge in [0.15, 0.2) is 5.17 Å². The summed E-state index contributed by atoms with van der Waals surface area (Å²) >= 11 is 1.38. The number of thioether (sulfide) groups is 1. The second kappa shape index (κ2) is 5.44. The second-order valence-electron chi connectivity index (χ2n) is 2.80. The Balaban J connectivity index is 2.69. The predicted octanol–water partition coefficient (Wildman–Crippen LogP) is 2.01. The van der Waals surface area contributed by atoms with E-state index in [0.717, 1.165) is 5.56 Å². The number of hydrogen-bond acceptors (Lipinski definition) is 3. The molecule has 0 aliphatic heterocycles. The van der Waals surface area contributed by atoms with Gasteiger partial charge in [-0.2, -0.15) is 5.10 Å². The van der Waals surface area contributed by atoms with Crippen LogP contribution in [0.2, 0.25) is 0 Å². The molecule has 3 nitrogen and oxygen atoms in total. The van der Waals surface area contributed by atoms with Gasteiger partial charge in [0.05, 0.1) is 6.21 Å². The highest BCUT2D eigenvalue weighted by atomic mass is 32.2. The lowest BCUT2D eigenvalue weighted by atomic mass is 10.2. The summed E-state index contributed by atoms with van der Waals surface area (Å²) in [6.45, 7) is 2.04. The van der Waals surface area contributed by atoms with E-state index in [1.807, 2.05) is 37.4 Å². The van der Waals surface area contributed by atoms with Gasteiger partial charge in [-0.1, -0.05) is 41.6 Å². The molecule has 0 unspecified atom stereocenters. The molecule has 1 rings (SSSR count). The Morgan fingerprint density at radius 1 is 1.50 bits per heavy atom. The maximum Gasteiger partial charge on any atom is 0.180 e. The number of hydrogen-bond donors (Lipinski definition) is 1. The van der Waals surface area contributed by atoms with Crippen molar-refractivity contribution in [1.29, 1.82) is 0 Å². The van der Waals surface area contributed by atoms with Crippen molar-refractivity contribution >= 4 is 23.1 Å². The van der Waals surface area contributed by atoms with Crippen LogP contribution in [0.3, 0.4) is 0 Å². The van der Waals surface area contributed by atoms with Crippen LogP contribution in [0, 0.1) is 6.92 Å². The minimum atomic E-state index is 0.467. The Labute approximate surface area is 88.1 Å². The zero-order valence-corrected chi connectivity index (χ0v) is 9.08. The maximum absolute atomic E-state index is 5.47. The van der Waals surface area contributed by atoms with Crippen LogP contribution in [0.4, 0.5) is 0 Å². The zero-order chi connectivity index (χ0) is 10.4. The van der Waals surface area contributed by atoms with Crippen molar-refractivity contribution in [2.45, 2.75) is 6.92 Å². The van der Waals surface area contributed by atoms with Crippen LogP contribution >= 0.6 is 11.8 Å². The topological polar surface area (TPSA) is 50.7 Å². The Morgan fingerprint density at radius 2 is 2.29 bits per heavy atom. The van der Waals surface area contributed by atoms with Gasteiger partial charge in [-0.25, -0.2) is 0 Å². The van der Waals surface area contributed by atoms with Gasteiger partial charge in [0, 0.05) is 0 Å². The van der Waals surface area contributed by atoms with E-state index < -0.39 is 0 Å². The van der Waals surface area contributed by atoms with Crippen LogP contribution in [-0.4, -0.2) is 17.6 Å². The lowest BCUT2D eigenvalue weighted by Crippen LogP contribution is -2.03. The molecule has 0 bridgehead atoms. The molecule has 0 saturated carbocycles. The summed E-state index contributed by atoms with van der Waals surface area (Å²) in [6, 6.07) is 8.03. The van der Waals surface area contributed by atoms with Gasteiger partial charge in [0.2, 0.25) is 0 Å². The molecule has 1 aromatic rings. The van der Waals surface area contributed by atoms with E-state index in [-0.39, 0.29) is 0 Å². The van der Waals surface area contributed by atoms with E-state index in [4.69, 9.17) is 5.73 Å². The molecular weight excluding hydrogens is 194 g/mol. The largest absolute Gasteiger partial charge is 0.377 e. The molecule has 0 heterocycles. The van der Waals surface area contributed by atoms with Crippen molar-refractivity contribution in [2.24, 2.45) is 15.9 Å². The van der Waals surface area contributed by atoms with Crippen molar-refractivity contribution < 1.29 is 0 Å². The first-order chi connectivity index (χ1) is 6.72. The SMILES string of the molecule is CS/C(N)=N/N=C\c1cccc(C)c1. The molecule has 0 aliphatic carbocycles. The molecule has 0 radical (unpaired) electrons. The molecule has 0 saturated heterocycles. The van der Waals surface area contributed by atoms with E-state index in [1.165, 1.54) is 17.3 Å². The summed E-state index contributed by atoms with van der Waals surface area (Å²) in [7, 11) is 0. The van der Waals surface area contributed by atoms with Gasteiger partial charge < -0.3 is 5.73 Å². The number of benzene rings is 1. The third-order valence-electron chi connectivity index (χ3n) is 1.61. The van der Waals surface area contributed by atoms with Crippen molar-refractivity contribution in [3.8, 4) is 0 Å². The van der Waals surface area contributed by atoms with E-state index >= 15 is 0 Å². The van der Waals surface area contributed by atoms with Gasteiger partial charge >= 0.3 is 0 Å². The number of aryl methyl sites for hydroxylation is 1. The molecule has 2 N–H and O–H groups in total. The van der Waals surface area contributed by atoms with Crippen LogP contribution in [0.1, 0.15) is 11.1 Å². The summed E-state index contributed by atoms with van der Waals surface area (Å²) in [4.78, 5) is 0. The first kappa shape index (κ1) is 10.8. The first-order valence-corrected chi connectivity index (χ1v) is 5.42. The van der Waals surface area contributed by atoms with Gasteiger partial charge in [0.25, 0.3) is 0 Å². The molecule has 0 spiro atoms. The quantitative estimate of drug-likeness (QED) is 0.458. The van der Waals surface area contributed by atoms with Crippen LogP contribution < -0.4 is 5.73 Å². The average Bonchev–Trinajstić information content (AvgIpc) is 2.17. The Morgan fingerprint density at radius 3 is 2.93 bits per heavy atom. The predicted molar refractivity (Wildman–Crippen MR) is 63.9 cm³/mol. The molecule has 74 valence electrons. The molecular formula is C10H13N3S. The van der Waals surface area contributed by atoms with Crippen molar-refractivity contribution in [3.63, 3.8) is 0 Å². The molecule has 0 fully saturated rings. The highest BCUT2D eigenvalue weighted by Crippen LogP contribution is 2.01. The van der Waals surface area contributed by atoms with Crippen molar-refractivity contribution in [2.75, 3.05) is 6.26 Å². The summed E-state index contributed by atoms with van der Waals surface area (Å²) in [5, 5.41) is 8.13. The average molecular weight is 207 g/mol. The van der Waals surface area contributed by atoms with Gasteiger partial charge in [-0.3, -0.25) is 0 Å². The van der Waals surface area contributed by atoms with Crippen molar-refractivity contribution in [3.05, 3.63) is 35.4 Å². The Bertz CT molecular complexity index is 358. The Hall–Kier alpha value is -1.29. The molecule has 4 heteroatoms. The van der Waals surface area contributed by atoms with Crippen LogP contribution in [-0.2, 0) is 0 Å². The minimum Gasteiger partial charge on any atom is -0.377 e. The van der Waals surface area contributed by atoms with E-state index in [0.29, 0.717) is 5.17 Å². The molecule has 0 aliphatic rings. The van der Waals surface area contributed by atoms with E-state index in [1.54, 1.807) is 6.21 Å². The Kier molecular flexibility index (Phi) is 4.19. The van der Waals surface area contributed by atoms with Crippen LogP contribution in [0.15, 0.2) is 34.5 Å². The summed E-state index contributed by atoms with van der Waals surface area (Å²) in [5.41, 5.74) is 7.70. The number of amidine groups is 1. The maximum atomic E-state index is 5.47. The summed E-state index contributed by atoms with van der Waals surface area (Å²) < 4.78 is 0. The lowest BCUT2D eigenvalue weighted by Gasteiger charge is -1.93. The van der Waals surface area contributed by atoms with Crippen molar-refractivity contribution in [1.82, 2.24) is 0 Å². The van der Waals surface area contributed by atoms with Gasteiger partial charge in [-0.05, 0) is 18.7 Å². The highest BCUT2D eigenvalue weighted by Gasteiger charge is 1.87. The fourth-order valence-corrected chi connectivity index (χ4v) is 1.07. The monoisotopic (exact) mass is 207 g/mol.